The molecule has 50 heavy (non-hydrogen) atoms. The molecule has 2 aliphatic heterocycles. The van der Waals surface area contributed by atoms with E-state index in [0.717, 1.165) is 25.7 Å². The first-order chi connectivity index (χ1) is 24.0. The summed E-state index contributed by atoms with van der Waals surface area (Å²) in [6.45, 7) is 1.75. The average molecular weight is 718 g/mol. The van der Waals surface area contributed by atoms with Crippen molar-refractivity contribution in [2.24, 2.45) is 0 Å². The predicted octanol–water partition coefficient (Wildman–Crippen LogP) is 0.862. The summed E-state index contributed by atoms with van der Waals surface area (Å²) in [7, 11) is 0. The van der Waals surface area contributed by atoms with E-state index in [1.165, 1.54) is 57.9 Å². The molecule has 1 amide bonds. The monoisotopic (exact) mass is 717 g/mol. The fourth-order valence-electron chi connectivity index (χ4n) is 5.82. The Morgan fingerprint density at radius 2 is 1.24 bits per heavy atom. The minimum absolute atomic E-state index is 0.331. The predicted molar refractivity (Wildman–Crippen MR) is 184 cm³/mol. The number of hydrogen-bond donors (Lipinski definition) is 9. The average Bonchev–Trinajstić information content (AvgIpc) is 3.10. The van der Waals surface area contributed by atoms with Crippen LogP contribution >= 0.6 is 0 Å². The topological polar surface area (TPSA) is 228 Å². The molecule has 2 rings (SSSR count). The summed E-state index contributed by atoms with van der Waals surface area (Å²) < 4.78 is 22.1. The normalized spacial score (nSPS) is 31.9. The Labute approximate surface area is 296 Å². The summed E-state index contributed by atoms with van der Waals surface area (Å²) in [5.74, 6) is -0.434. The number of hydrogen-bond acceptors (Lipinski definition) is 13. The zero-order valence-electron chi connectivity index (χ0n) is 29.6. The second kappa shape index (κ2) is 25.2. The number of allylic oxidation sites excluding steroid dienone is 5. The van der Waals surface area contributed by atoms with Crippen molar-refractivity contribution in [3.05, 3.63) is 36.5 Å². The minimum Gasteiger partial charge on any atom is -0.394 e. The van der Waals surface area contributed by atoms with E-state index in [1.54, 1.807) is 6.08 Å². The number of rotatable bonds is 24. The van der Waals surface area contributed by atoms with Gasteiger partial charge in [0.05, 0.1) is 32.0 Å². The first kappa shape index (κ1) is 44.4. The van der Waals surface area contributed by atoms with Gasteiger partial charge in [0.25, 0.3) is 0 Å². The number of unbranched alkanes of at least 4 members (excludes halogenated alkanes) is 9. The van der Waals surface area contributed by atoms with Crippen LogP contribution in [0.4, 0.5) is 0 Å². The number of carbonyl (C=O) groups excluding carboxylic acids is 1. The van der Waals surface area contributed by atoms with Gasteiger partial charge in [-0.1, -0.05) is 81.9 Å². The van der Waals surface area contributed by atoms with Crippen LogP contribution in [-0.4, -0.2) is 140 Å². The Morgan fingerprint density at radius 3 is 1.84 bits per heavy atom. The van der Waals surface area contributed by atoms with Crippen LogP contribution in [0.3, 0.4) is 0 Å². The molecule has 9 N–H and O–H groups in total. The highest BCUT2D eigenvalue weighted by atomic mass is 16.7. The molecule has 0 spiro atoms. The van der Waals surface area contributed by atoms with Gasteiger partial charge >= 0.3 is 0 Å². The van der Waals surface area contributed by atoms with Gasteiger partial charge in [-0.2, -0.15) is 0 Å². The van der Waals surface area contributed by atoms with Crippen LogP contribution in [0, 0.1) is 0 Å². The highest BCUT2D eigenvalue weighted by Gasteiger charge is 2.50. The van der Waals surface area contributed by atoms with Gasteiger partial charge in [-0.05, 0) is 38.5 Å². The smallest absolute Gasteiger partial charge is 0.217 e. The lowest BCUT2D eigenvalue weighted by atomic mass is 9.97. The molecular weight excluding hydrogens is 654 g/mol. The van der Waals surface area contributed by atoms with Gasteiger partial charge in [0.1, 0.15) is 48.8 Å². The Bertz CT molecular complexity index is 993. The molecule has 14 nitrogen and oxygen atoms in total. The molecule has 14 heteroatoms. The maximum absolute atomic E-state index is 11.8. The van der Waals surface area contributed by atoms with Crippen molar-refractivity contribution in [2.45, 2.75) is 164 Å². The molecule has 0 bridgehead atoms. The fraction of sp³-hybridized carbons (Fsp3) is 0.806. The molecule has 0 aromatic carbocycles. The summed E-state index contributed by atoms with van der Waals surface area (Å²) in [6.07, 6.45) is 8.78. The third-order valence-electron chi connectivity index (χ3n) is 8.84. The second-order valence-electron chi connectivity index (χ2n) is 13.1. The van der Waals surface area contributed by atoms with Crippen molar-refractivity contribution < 1.29 is 64.6 Å². The van der Waals surface area contributed by atoms with Crippen molar-refractivity contribution >= 4 is 5.91 Å². The zero-order chi connectivity index (χ0) is 36.9. The van der Waals surface area contributed by atoms with Crippen LogP contribution in [0.25, 0.3) is 0 Å². The molecule has 12 atom stereocenters. The van der Waals surface area contributed by atoms with Crippen molar-refractivity contribution in [2.75, 3.05) is 19.8 Å². The molecule has 12 unspecified atom stereocenters. The van der Waals surface area contributed by atoms with E-state index in [1.807, 2.05) is 0 Å². The standard InChI is InChI=1S/C36H63NO13/c1-3-4-5-6-7-8-9-10-11-12-13-14-15-16-17-18-19-20-26(41)25(37-24(2)40)23-47-35-33(46)31(44)34(28(22-39)49-35)50-36-32(45)30(43)29(42)27(21-38)48-36/h11-12,15-16,19-20,25-36,38-39,41-46H,3-10,13-14,17-18,21-23H2,1-2H3,(H,37,40)/b12-11+,16-15+,20-19+. The molecule has 0 radical (unpaired) electrons. The molecule has 2 aliphatic rings. The zero-order valence-corrected chi connectivity index (χ0v) is 29.6. The van der Waals surface area contributed by atoms with Gasteiger partial charge in [-0.3, -0.25) is 4.79 Å². The summed E-state index contributed by atoms with van der Waals surface area (Å²) in [4.78, 5) is 11.8. The van der Waals surface area contributed by atoms with E-state index in [2.05, 4.69) is 36.5 Å². The van der Waals surface area contributed by atoms with E-state index < -0.39 is 92.7 Å². The van der Waals surface area contributed by atoms with E-state index in [9.17, 15) is 45.6 Å². The van der Waals surface area contributed by atoms with Crippen LogP contribution in [0.2, 0.25) is 0 Å². The molecule has 0 aliphatic carbocycles. The van der Waals surface area contributed by atoms with Gasteiger partial charge in [0.15, 0.2) is 12.6 Å². The molecule has 290 valence electrons. The van der Waals surface area contributed by atoms with E-state index in [0.29, 0.717) is 6.42 Å². The summed E-state index contributed by atoms with van der Waals surface area (Å²) in [6, 6.07) is -0.934. The number of nitrogens with one attached hydrogen (secondary N) is 1. The first-order valence-corrected chi connectivity index (χ1v) is 18.2. The molecule has 2 fully saturated rings. The van der Waals surface area contributed by atoms with Gasteiger partial charge in [-0.15, -0.1) is 0 Å². The third kappa shape index (κ3) is 15.4. The lowest BCUT2D eigenvalue weighted by Gasteiger charge is -2.46. The maximum Gasteiger partial charge on any atom is 0.217 e. The Balaban J connectivity index is 1.78. The fourth-order valence-corrected chi connectivity index (χ4v) is 5.82. The number of aliphatic hydroxyl groups excluding tert-OH is 8. The Hall–Kier alpha value is -1.79. The first-order valence-electron chi connectivity index (χ1n) is 18.2. The highest BCUT2D eigenvalue weighted by molar-refractivity contribution is 5.73. The van der Waals surface area contributed by atoms with Gasteiger partial charge in [0.2, 0.25) is 5.91 Å². The van der Waals surface area contributed by atoms with Crippen LogP contribution < -0.4 is 5.32 Å². The number of ether oxygens (including phenoxy) is 4. The van der Waals surface area contributed by atoms with Crippen LogP contribution in [0.1, 0.15) is 90.9 Å². The molecule has 2 heterocycles. The molecule has 0 saturated carbocycles. The highest BCUT2D eigenvalue weighted by Crippen LogP contribution is 2.29. The largest absolute Gasteiger partial charge is 0.394 e. The van der Waals surface area contributed by atoms with Crippen molar-refractivity contribution in [1.82, 2.24) is 5.32 Å². The van der Waals surface area contributed by atoms with E-state index in [4.69, 9.17) is 18.9 Å². The number of carbonyl (C=O) groups is 1. The van der Waals surface area contributed by atoms with E-state index >= 15 is 0 Å². The van der Waals surface area contributed by atoms with Crippen LogP contribution in [0.15, 0.2) is 36.5 Å². The van der Waals surface area contributed by atoms with Crippen LogP contribution in [0.5, 0.6) is 0 Å². The van der Waals surface area contributed by atoms with Crippen molar-refractivity contribution in [1.29, 1.82) is 0 Å². The SMILES string of the molecule is CCCCCCCCC/C=C/CC/C=C/CC/C=C/C(O)C(COC1OC(CO)C(OC2OC(CO)C(O)C(O)C2O)C(O)C1O)NC(C)=O. The summed E-state index contributed by atoms with van der Waals surface area (Å²) >= 11 is 0. The van der Waals surface area contributed by atoms with Gasteiger partial charge in [-0.25, -0.2) is 0 Å². The minimum atomic E-state index is -1.79. The molecule has 0 aromatic heterocycles. The van der Waals surface area contributed by atoms with E-state index in [-0.39, 0.29) is 6.61 Å². The number of amides is 1. The van der Waals surface area contributed by atoms with Crippen molar-refractivity contribution in [3.63, 3.8) is 0 Å². The molecule has 0 aromatic rings. The van der Waals surface area contributed by atoms with Crippen molar-refractivity contribution in [3.8, 4) is 0 Å². The summed E-state index contributed by atoms with van der Waals surface area (Å²) in [5, 5.41) is 84.6. The third-order valence-corrected chi connectivity index (χ3v) is 8.84. The number of aliphatic hydroxyl groups is 8. The van der Waals surface area contributed by atoms with Crippen LogP contribution in [-0.2, 0) is 23.7 Å². The maximum atomic E-state index is 11.8. The Kier molecular flexibility index (Phi) is 22.4. The molecule has 2 saturated heterocycles. The lowest BCUT2D eigenvalue weighted by Crippen LogP contribution is -2.65. The Morgan fingerprint density at radius 1 is 0.700 bits per heavy atom. The lowest BCUT2D eigenvalue weighted by molar-refractivity contribution is -0.359. The van der Waals surface area contributed by atoms with Gasteiger partial charge in [0, 0.05) is 6.92 Å². The molecular formula is C36H63NO13. The quantitative estimate of drug-likeness (QED) is 0.0500. The second-order valence-corrected chi connectivity index (χ2v) is 13.1. The summed E-state index contributed by atoms with van der Waals surface area (Å²) in [5.41, 5.74) is 0. The van der Waals surface area contributed by atoms with Gasteiger partial charge < -0.3 is 65.1 Å².